The average molecular weight is 351 g/mol. The molecule has 1 spiro atoms. The van der Waals surface area contributed by atoms with Crippen molar-refractivity contribution in [2.75, 3.05) is 13.1 Å². The van der Waals surface area contributed by atoms with E-state index in [9.17, 15) is 0 Å². The minimum Gasteiger partial charge on any atom is -0.308 e. The Labute approximate surface area is 137 Å². The maximum atomic E-state index is 3.85. The predicted octanol–water partition coefficient (Wildman–Crippen LogP) is 4.34. The zero-order valence-electron chi connectivity index (χ0n) is 13.3. The van der Waals surface area contributed by atoms with Crippen molar-refractivity contribution in [1.82, 2.24) is 10.2 Å². The molecule has 1 saturated carbocycles. The summed E-state index contributed by atoms with van der Waals surface area (Å²) in [5.41, 5.74) is 2.11. The highest BCUT2D eigenvalue weighted by Crippen LogP contribution is 2.39. The first-order valence-electron chi connectivity index (χ1n) is 8.30. The number of hydrogen-bond donors (Lipinski definition) is 1. The third kappa shape index (κ3) is 3.20. The van der Waals surface area contributed by atoms with Crippen molar-refractivity contribution >= 4 is 15.9 Å². The van der Waals surface area contributed by atoms with Crippen molar-refractivity contribution in [2.45, 2.75) is 63.6 Å². The molecule has 0 radical (unpaired) electrons. The van der Waals surface area contributed by atoms with Crippen LogP contribution in [0.4, 0.5) is 0 Å². The Bertz CT molecular complexity index is 478. The summed E-state index contributed by atoms with van der Waals surface area (Å²) in [5, 5.41) is 3.85. The highest BCUT2D eigenvalue weighted by atomic mass is 79.9. The van der Waals surface area contributed by atoms with Crippen molar-refractivity contribution in [3.8, 4) is 0 Å². The minimum absolute atomic E-state index is 0.267. The summed E-state index contributed by atoms with van der Waals surface area (Å²) in [6.07, 6.45) is 6.69. The molecule has 1 N–H and O–H groups in total. The normalized spacial score (nSPS) is 29.1. The van der Waals surface area contributed by atoms with Crippen molar-refractivity contribution in [3.05, 3.63) is 34.3 Å². The molecule has 2 nitrogen and oxygen atoms in total. The van der Waals surface area contributed by atoms with Crippen LogP contribution in [0.3, 0.4) is 0 Å². The van der Waals surface area contributed by atoms with Crippen molar-refractivity contribution in [1.29, 1.82) is 0 Å². The minimum atomic E-state index is 0.267. The number of nitrogens with zero attached hydrogens (tertiary/aromatic N) is 1. The molecule has 1 aromatic rings. The van der Waals surface area contributed by atoms with Crippen molar-refractivity contribution in [3.63, 3.8) is 0 Å². The second kappa shape index (κ2) is 6.02. The molecule has 0 amide bonds. The Morgan fingerprint density at radius 3 is 2.48 bits per heavy atom. The number of rotatable bonds is 3. The largest absolute Gasteiger partial charge is 0.308 e. The topological polar surface area (TPSA) is 15.3 Å². The van der Waals surface area contributed by atoms with Crippen LogP contribution in [0.25, 0.3) is 0 Å². The van der Waals surface area contributed by atoms with Crippen LogP contribution in [0, 0.1) is 0 Å². The van der Waals surface area contributed by atoms with Gasteiger partial charge in [-0.1, -0.05) is 47.8 Å². The van der Waals surface area contributed by atoms with E-state index in [0.717, 1.165) is 13.1 Å². The molecule has 0 bridgehead atoms. The molecular formula is C18H27BrN2. The third-order valence-corrected chi connectivity index (χ3v) is 6.18. The quantitative estimate of drug-likeness (QED) is 0.872. The SMILES string of the molecule is CCC1(C)CN(Cc2ccc(Br)cc2)C2(CCCC2)CN1. The molecule has 1 unspecified atom stereocenters. The van der Waals surface area contributed by atoms with Gasteiger partial charge in [0.15, 0.2) is 0 Å². The first kappa shape index (κ1) is 15.5. The number of halogens is 1. The highest BCUT2D eigenvalue weighted by Gasteiger charge is 2.46. The molecular weight excluding hydrogens is 324 g/mol. The van der Waals surface area contributed by atoms with Crippen LogP contribution in [0.5, 0.6) is 0 Å². The van der Waals surface area contributed by atoms with Crippen LogP contribution in [0.15, 0.2) is 28.7 Å². The summed E-state index contributed by atoms with van der Waals surface area (Å²) in [4.78, 5) is 2.78. The molecule has 1 aliphatic carbocycles. The first-order valence-corrected chi connectivity index (χ1v) is 9.09. The lowest BCUT2D eigenvalue weighted by molar-refractivity contribution is 0.00532. The zero-order valence-corrected chi connectivity index (χ0v) is 14.9. The number of nitrogens with one attached hydrogen (secondary N) is 1. The Hall–Kier alpha value is -0.380. The van der Waals surface area contributed by atoms with E-state index in [-0.39, 0.29) is 5.54 Å². The van der Waals surface area contributed by atoms with E-state index in [0.29, 0.717) is 5.54 Å². The molecule has 2 fully saturated rings. The van der Waals surface area contributed by atoms with E-state index in [1.165, 1.54) is 48.7 Å². The van der Waals surface area contributed by atoms with Gasteiger partial charge in [-0.2, -0.15) is 0 Å². The van der Waals surface area contributed by atoms with Crippen LogP contribution in [0.1, 0.15) is 51.5 Å². The van der Waals surface area contributed by atoms with Crippen LogP contribution in [0.2, 0.25) is 0 Å². The van der Waals surface area contributed by atoms with Gasteiger partial charge >= 0.3 is 0 Å². The van der Waals surface area contributed by atoms with Gasteiger partial charge in [0.2, 0.25) is 0 Å². The molecule has 21 heavy (non-hydrogen) atoms. The molecule has 116 valence electrons. The van der Waals surface area contributed by atoms with E-state index >= 15 is 0 Å². The Kier molecular flexibility index (Phi) is 4.45. The fourth-order valence-electron chi connectivity index (χ4n) is 3.93. The Balaban J connectivity index is 1.81. The summed E-state index contributed by atoms with van der Waals surface area (Å²) >= 11 is 3.54. The van der Waals surface area contributed by atoms with Gasteiger partial charge < -0.3 is 5.32 Å². The predicted molar refractivity (Wildman–Crippen MR) is 92.4 cm³/mol. The third-order valence-electron chi connectivity index (χ3n) is 5.66. The summed E-state index contributed by atoms with van der Waals surface area (Å²) in [7, 11) is 0. The summed E-state index contributed by atoms with van der Waals surface area (Å²) in [6.45, 7) is 8.10. The summed E-state index contributed by atoms with van der Waals surface area (Å²) < 4.78 is 1.17. The second-order valence-electron chi connectivity index (χ2n) is 7.18. The average Bonchev–Trinajstić information content (AvgIpc) is 2.96. The lowest BCUT2D eigenvalue weighted by Crippen LogP contribution is -2.67. The number of hydrogen-bond acceptors (Lipinski definition) is 2. The van der Waals surface area contributed by atoms with Crippen molar-refractivity contribution in [2.24, 2.45) is 0 Å². The smallest absolute Gasteiger partial charge is 0.0338 e. The number of piperazine rings is 1. The Morgan fingerprint density at radius 2 is 1.86 bits per heavy atom. The molecule has 1 aromatic carbocycles. The number of benzene rings is 1. The van der Waals surface area contributed by atoms with E-state index in [4.69, 9.17) is 0 Å². The van der Waals surface area contributed by atoms with Gasteiger partial charge in [-0.15, -0.1) is 0 Å². The maximum Gasteiger partial charge on any atom is 0.0338 e. The molecule has 1 aliphatic heterocycles. The lowest BCUT2D eigenvalue weighted by Gasteiger charge is -2.52. The van der Waals surface area contributed by atoms with Crippen LogP contribution in [-0.4, -0.2) is 29.1 Å². The van der Waals surface area contributed by atoms with Gasteiger partial charge in [0.1, 0.15) is 0 Å². The van der Waals surface area contributed by atoms with Gasteiger partial charge in [-0.05, 0) is 43.9 Å². The van der Waals surface area contributed by atoms with E-state index in [1.54, 1.807) is 0 Å². The standard InChI is InChI=1S/C18H27BrN2/c1-3-17(2)14-21(12-15-6-8-16(19)9-7-15)18(13-20-17)10-4-5-11-18/h6-9,20H,3-5,10-14H2,1-2H3. The second-order valence-corrected chi connectivity index (χ2v) is 8.10. The van der Waals surface area contributed by atoms with E-state index in [1.807, 2.05) is 0 Å². The molecule has 3 rings (SSSR count). The summed E-state index contributed by atoms with van der Waals surface area (Å²) in [6, 6.07) is 8.85. The maximum absolute atomic E-state index is 3.85. The van der Waals surface area contributed by atoms with Crippen molar-refractivity contribution < 1.29 is 0 Å². The van der Waals surface area contributed by atoms with E-state index in [2.05, 4.69) is 64.3 Å². The molecule has 0 aromatic heterocycles. The molecule has 1 atom stereocenters. The Morgan fingerprint density at radius 1 is 1.19 bits per heavy atom. The molecule has 1 saturated heterocycles. The zero-order chi connectivity index (χ0) is 14.9. The van der Waals surface area contributed by atoms with Gasteiger partial charge in [-0.3, -0.25) is 4.90 Å². The van der Waals surface area contributed by atoms with Gasteiger partial charge in [0.05, 0.1) is 0 Å². The van der Waals surface area contributed by atoms with Gasteiger partial charge in [-0.25, -0.2) is 0 Å². The van der Waals surface area contributed by atoms with Gasteiger partial charge in [0, 0.05) is 35.2 Å². The van der Waals surface area contributed by atoms with Crippen LogP contribution < -0.4 is 5.32 Å². The van der Waals surface area contributed by atoms with E-state index < -0.39 is 0 Å². The molecule has 3 heteroatoms. The molecule has 1 heterocycles. The lowest BCUT2D eigenvalue weighted by atomic mass is 9.84. The highest BCUT2D eigenvalue weighted by molar-refractivity contribution is 9.10. The van der Waals surface area contributed by atoms with Gasteiger partial charge in [0.25, 0.3) is 0 Å². The monoisotopic (exact) mass is 350 g/mol. The summed E-state index contributed by atoms with van der Waals surface area (Å²) in [5.74, 6) is 0. The molecule has 2 aliphatic rings. The van der Waals surface area contributed by atoms with Crippen LogP contribution in [-0.2, 0) is 6.54 Å². The fraction of sp³-hybridized carbons (Fsp3) is 0.667. The fourth-order valence-corrected chi connectivity index (χ4v) is 4.20. The van der Waals surface area contributed by atoms with Crippen LogP contribution >= 0.6 is 15.9 Å². The first-order chi connectivity index (χ1) is 10.1.